The Morgan fingerprint density at radius 3 is 2.65 bits per heavy atom. The molecule has 0 radical (unpaired) electrons. The third kappa shape index (κ3) is 4.70. The molecular formula is C11H21N3O3. The summed E-state index contributed by atoms with van der Waals surface area (Å²) in [4.78, 5) is 26.3. The number of amides is 1. The molecular weight excluding hydrogens is 222 g/mol. The van der Waals surface area contributed by atoms with Crippen molar-refractivity contribution < 1.29 is 14.7 Å². The Morgan fingerprint density at radius 2 is 2.00 bits per heavy atom. The highest BCUT2D eigenvalue weighted by atomic mass is 16.4. The summed E-state index contributed by atoms with van der Waals surface area (Å²) < 4.78 is 0. The third-order valence-electron chi connectivity index (χ3n) is 3.02. The summed E-state index contributed by atoms with van der Waals surface area (Å²) in [5.41, 5.74) is 5.71. The number of rotatable bonds is 4. The molecule has 1 aliphatic rings. The fraction of sp³-hybridized carbons (Fsp3) is 0.818. The summed E-state index contributed by atoms with van der Waals surface area (Å²) in [6.45, 7) is 3.21. The van der Waals surface area contributed by atoms with E-state index < -0.39 is 12.0 Å². The highest BCUT2D eigenvalue weighted by Crippen LogP contribution is 2.05. The van der Waals surface area contributed by atoms with Crippen LogP contribution in [0.5, 0.6) is 0 Å². The molecule has 0 aliphatic carbocycles. The van der Waals surface area contributed by atoms with Gasteiger partial charge in [-0.05, 0) is 26.4 Å². The van der Waals surface area contributed by atoms with Crippen LogP contribution in [0.25, 0.3) is 0 Å². The first kappa shape index (κ1) is 13.9. The molecule has 6 nitrogen and oxygen atoms in total. The lowest BCUT2D eigenvalue weighted by molar-refractivity contribution is -0.137. The first-order chi connectivity index (χ1) is 8.00. The van der Waals surface area contributed by atoms with Gasteiger partial charge in [0.05, 0.1) is 6.04 Å². The van der Waals surface area contributed by atoms with E-state index in [0.717, 1.165) is 19.5 Å². The molecule has 0 saturated carbocycles. The predicted molar refractivity (Wildman–Crippen MR) is 63.5 cm³/mol. The van der Waals surface area contributed by atoms with Crippen molar-refractivity contribution in [2.24, 2.45) is 5.73 Å². The molecule has 0 aromatic carbocycles. The van der Waals surface area contributed by atoms with Crippen molar-refractivity contribution in [2.75, 3.05) is 33.2 Å². The van der Waals surface area contributed by atoms with E-state index in [-0.39, 0.29) is 18.7 Å². The summed E-state index contributed by atoms with van der Waals surface area (Å²) in [6.07, 6.45) is 1.09. The maximum atomic E-state index is 12.0. The van der Waals surface area contributed by atoms with Gasteiger partial charge in [0.2, 0.25) is 5.91 Å². The van der Waals surface area contributed by atoms with Crippen LogP contribution in [0, 0.1) is 0 Å². The molecule has 6 heteroatoms. The Morgan fingerprint density at radius 1 is 1.29 bits per heavy atom. The van der Waals surface area contributed by atoms with E-state index in [1.807, 2.05) is 7.05 Å². The minimum absolute atomic E-state index is 0.0549. The first-order valence-corrected chi connectivity index (χ1v) is 5.95. The van der Waals surface area contributed by atoms with E-state index in [0.29, 0.717) is 13.1 Å². The van der Waals surface area contributed by atoms with Crippen LogP contribution in [-0.4, -0.2) is 66.1 Å². The highest BCUT2D eigenvalue weighted by Gasteiger charge is 2.23. The summed E-state index contributed by atoms with van der Waals surface area (Å²) >= 11 is 0. The Labute approximate surface area is 101 Å². The number of carboxylic acids is 1. The molecule has 1 unspecified atom stereocenters. The van der Waals surface area contributed by atoms with Crippen molar-refractivity contribution >= 4 is 11.9 Å². The van der Waals surface area contributed by atoms with Crippen LogP contribution in [0.3, 0.4) is 0 Å². The van der Waals surface area contributed by atoms with Crippen molar-refractivity contribution in [3.05, 3.63) is 0 Å². The monoisotopic (exact) mass is 243 g/mol. The molecule has 1 aliphatic heterocycles. The number of hydrogen-bond donors (Lipinski definition) is 2. The van der Waals surface area contributed by atoms with Crippen molar-refractivity contribution in [2.45, 2.75) is 25.3 Å². The largest absolute Gasteiger partial charge is 0.481 e. The number of nitrogens with two attached hydrogens (primary N) is 1. The molecule has 0 aromatic rings. The van der Waals surface area contributed by atoms with Crippen LogP contribution < -0.4 is 5.73 Å². The minimum Gasteiger partial charge on any atom is -0.481 e. The predicted octanol–water partition coefficient (Wildman–Crippen LogP) is -0.657. The average molecular weight is 243 g/mol. The van der Waals surface area contributed by atoms with E-state index >= 15 is 0 Å². The van der Waals surface area contributed by atoms with E-state index in [2.05, 4.69) is 4.90 Å². The van der Waals surface area contributed by atoms with Crippen molar-refractivity contribution in [1.82, 2.24) is 9.80 Å². The topological polar surface area (TPSA) is 86.9 Å². The zero-order valence-electron chi connectivity index (χ0n) is 10.3. The molecule has 0 spiro atoms. The van der Waals surface area contributed by atoms with Gasteiger partial charge in [-0.3, -0.25) is 9.59 Å². The summed E-state index contributed by atoms with van der Waals surface area (Å²) in [5.74, 6) is -1.04. The van der Waals surface area contributed by atoms with Gasteiger partial charge in [-0.2, -0.15) is 0 Å². The molecule has 0 aromatic heterocycles. The molecule has 98 valence electrons. The van der Waals surface area contributed by atoms with Gasteiger partial charge < -0.3 is 20.6 Å². The van der Waals surface area contributed by atoms with Gasteiger partial charge in [-0.1, -0.05) is 0 Å². The minimum atomic E-state index is -0.913. The smallest absolute Gasteiger partial charge is 0.303 e. The van der Waals surface area contributed by atoms with E-state index in [9.17, 15) is 9.59 Å². The zero-order valence-corrected chi connectivity index (χ0v) is 10.3. The molecule has 1 atom stereocenters. The second-order valence-electron chi connectivity index (χ2n) is 4.52. The maximum Gasteiger partial charge on any atom is 0.303 e. The van der Waals surface area contributed by atoms with Crippen LogP contribution in [0.2, 0.25) is 0 Å². The Bertz CT molecular complexity index is 283. The lowest BCUT2D eigenvalue weighted by Gasteiger charge is -2.23. The lowest BCUT2D eigenvalue weighted by Crippen LogP contribution is -2.45. The molecule has 17 heavy (non-hydrogen) atoms. The molecule has 1 fully saturated rings. The lowest BCUT2D eigenvalue weighted by atomic mass is 10.1. The number of hydrogen-bond acceptors (Lipinski definition) is 4. The van der Waals surface area contributed by atoms with Crippen molar-refractivity contribution in [3.63, 3.8) is 0 Å². The third-order valence-corrected chi connectivity index (χ3v) is 3.02. The molecule has 3 N–H and O–H groups in total. The quantitative estimate of drug-likeness (QED) is 0.684. The van der Waals surface area contributed by atoms with Crippen LogP contribution in [0.4, 0.5) is 0 Å². The van der Waals surface area contributed by atoms with Crippen LogP contribution in [-0.2, 0) is 9.59 Å². The van der Waals surface area contributed by atoms with Gasteiger partial charge in [0.1, 0.15) is 0 Å². The number of aliphatic carboxylic acids is 1. The van der Waals surface area contributed by atoms with E-state index in [1.54, 1.807) is 4.90 Å². The van der Waals surface area contributed by atoms with Crippen LogP contribution in [0.15, 0.2) is 0 Å². The summed E-state index contributed by atoms with van der Waals surface area (Å²) in [7, 11) is 2.03. The maximum absolute atomic E-state index is 12.0. The molecule has 0 bridgehead atoms. The fourth-order valence-electron chi connectivity index (χ4n) is 1.90. The Balaban J connectivity index is 2.42. The van der Waals surface area contributed by atoms with Gasteiger partial charge in [-0.15, -0.1) is 0 Å². The van der Waals surface area contributed by atoms with Crippen LogP contribution >= 0.6 is 0 Å². The normalized spacial score (nSPS) is 19.8. The molecule has 1 amide bonds. The highest BCUT2D eigenvalue weighted by molar-refractivity contribution is 5.82. The van der Waals surface area contributed by atoms with Gasteiger partial charge in [0.25, 0.3) is 0 Å². The summed E-state index contributed by atoms with van der Waals surface area (Å²) in [5, 5.41) is 8.55. The number of carboxylic acid groups (broad SMARTS) is 1. The second-order valence-corrected chi connectivity index (χ2v) is 4.52. The van der Waals surface area contributed by atoms with Gasteiger partial charge in [0, 0.05) is 26.1 Å². The number of carbonyl (C=O) groups is 2. The van der Waals surface area contributed by atoms with E-state index in [1.165, 1.54) is 0 Å². The number of likely N-dealkylation sites (N-methyl/N-ethyl adjacent to an activating group) is 1. The second kappa shape index (κ2) is 6.56. The van der Waals surface area contributed by atoms with Gasteiger partial charge in [-0.25, -0.2) is 0 Å². The Kier molecular flexibility index (Phi) is 5.37. The average Bonchev–Trinajstić information content (AvgIpc) is 2.49. The first-order valence-electron chi connectivity index (χ1n) is 5.95. The molecule has 1 heterocycles. The number of carbonyl (C=O) groups excluding carboxylic acids is 1. The van der Waals surface area contributed by atoms with Gasteiger partial charge >= 0.3 is 5.97 Å². The SMILES string of the molecule is CN1CCCN(C(=O)C(N)CCC(=O)O)CC1. The summed E-state index contributed by atoms with van der Waals surface area (Å²) in [6, 6.07) is -0.686. The van der Waals surface area contributed by atoms with Gasteiger partial charge in [0.15, 0.2) is 0 Å². The van der Waals surface area contributed by atoms with Crippen molar-refractivity contribution in [1.29, 1.82) is 0 Å². The zero-order chi connectivity index (χ0) is 12.8. The molecule has 1 saturated heterocycles. The van der Waals surface area contributed by atoms with Crippen molar-refractivity contribution in [3.8, 4) is 0 Å². The molecule has 1 rings (SSSR count). The number of nitrogens with zero attached hydrogens (tertiary/aromatic N) is 2. The Hall–Kier alpha value is -1.14. The van der Waals surface area contributed by atoms with Crippen LogP contribution in [0.1, 0.15) is 19.3 Å². The van der Waals surface area contributed by atoms with E-state index in [4.69, 9.17) is 10.8 Å². The fourth-order valence-corrected chi connectivity index (χ4v) is 1.90. The standard InChI is InChI=1S/C11H21N3O3/c1-13-5-2-6-14(8-7-13)11(17)9(12)3-4-10(15)16/h9H,2-8,12H2,1H3,(H,15,16).